The van der Waals surface area contributed by atoms with Crippen LogP contribution < -0.4 is 0 Å². The standard InChI is InChI=1S/C12H19NO3/c1-10(2)8-13(6-5-12(14)15)9-11-4-3-7-16-11/h3-4,7,10H,5-6,8-9H2,1-2H3,(H,14,15). The number of aliphatic carboxylic acids is 1. The molecule has 1 aromatic heterocycles. The van der Waals surface area contributed by atoms with E-state index in [1.165, 1.54) is 0 Å². The molecule has 1 rings (SSSR count). The predicted molar refractivity (Wildman–Crippen MR) is 61.1 cm³/mol. The van der Waals surface area contributed by atoms with Crippen LogP contribution in [0.2, 0.25) is 0 Å². The van der Waals surface area contributed by atoms with E-state index in [1.807, 2.05) is 12.1 Å². The van der Waals surface area contributed by atoms with Gasteiger partial charge in [0, 0.05) is 13.1 Å². The molecule has 0 unspecified atom stereocenters. The maximum Gasteiger partial charge on any atom is 0.304 e. The van der Waals surface area contributed by atoms with Crippen LogP contribution in [0.5, 0.6) is 0 Å². The molecule has 16 heavy (non-hydrogen) atoms. The Morgan fingerprint density at radius 1 is 1.56 bits per heavy atom. The molecule has 4 heteroatoms. The van der Waals surface area contributed by atoms with Crippen molar-refractivity contribution in [1.82, 2.24) is 4.90 Å². The summed E-state index contributed by atoms with van der Waals surface area (Å²) in [6, 6.07) is 3.76. The van der Waals surface area contributed by atoms with Gasteiger partial charge >= 0.3 is 5.97 Å². The molecule has 0 aliphatic heterocycles. The van der Waals surface area contributed by atoms with Gasteiger partial charge in [-0.05, 0) is 18.1 Å². The number of hydrogen-bond donors (Lipinski definition) is 1. The summed E-state index contributed by atoms with van der Waals surface area (Å²) in [5, 5.41) is 8.67. The Labute approximate surface area is 95.9 Å². The Morgan fingerprint density at radius 3 is 2.81 bits per heavy atom. The molecule has 0 aliphatic rings. The van der Waals surface area contributed by atoms with Crippen LogP contribution in [0.3, 0.4) is 0 Å². The highest BCUT2D eigenvalue weighted by atomic mass is 16.4. The van der Waals surface area contributed by atoms with Gasteiger partial charge in [0.1, 0.15) is 5.76 Å². The minimum Gasteiger partial charge on any atom is -0.481 e. The van der Waals surface area contributed by atoms with Crippen molar-refractivity contribution >= 4 is 5.97 Å². The summed E-state index contributed by atoms with van der Waals surface area (Å²) in [5.41, 5.74) is 0. The largest absolute Gasteiger partial charge is 0.481 e. The second kappa shape index (κ2) is 6.33. The first-order valence-electron chi connectivity index (χ1n) is 5.54. The van der Waals surface area contributed by atoms with Crippen molar-refractivity contribution in [3.05, 3.63) is 24.2 Å². The van der Waals surface area contributed by atoms with Crippen LogP contribution in [0.15, 0.2) is 22.8 Å². The van der Waals surface area contributed by atoms with E-state index in [0.717, 1.165) is 12.3 Å². The molecule has 0 aliphatic carbocycles. The summed E-state index contributed by atoms with van der Waals surface area (Å²) >= 11 is 0. The van der Waals surface area contributed by atoms with Crippen LogP contribution in [0.1, 0.15) is 26.0 Å². The molecule has 1 N–H and O–H groups in total. The van der Waals surface area contributed by atoms with Gasteiger partial charge < -0.3 is 9.52 Å². The average Bonchev–Trinajstić information content (AvgIpc) is 2.66. The average molecular weight is 225 g/mol. The Bertz CT molecular complexity index is 306. The molecule has 0 bridgehead atoms. The monoisotopic (exact) mass is 225 g/mol. The van der Waals surface area contributed by atoms with Gasteiger partial charge in [-0.2, -0.15) is 0 Å². The van der Waals surface area contributed by atoms with E-state index in [9.17, 15) is 4.79 Å². The Hall–Kier alpha value is -1.29. The number of carbonyl (C=O) groups is 1. The molecular formula is C12H19NO3. The van der Waals surface area contributed by atoms with Gasteiger partial charge in [0.15, 0.2) is 0 Å². The van der Waals surface area contributed by atoms with Gasteiger partial charge in [-0.25, -0.2) is 0 Å². The van der Waals surface area contributed by atoms with Gasteiger partial charge in [0.25, 0.3) is 0 Å². The fourth-order valence-corrected chi connectivity index (χ4v) is 1.63. The minimum absolute atomic E-state index is 0.174. The molecule has 90 valence electrons. The molecule has 0 saturated heterocycles. The van der Waals surface area contributed by atoms with Crippen molar-refractivity contribution in [2.45, 2.75) is 26.8 Å². The lowest BCUT2D eigenvalue weighted by molar-refractivity contribution is -0.137. The Kier molecular flexibility index (Phi) is 5.05. The summed E-state index contributed by atoms with van der Waals surface area (Å²) in [4.78, 5) is 12.7. The number of furan rings is 1. The topological polar surface area (TPSA) is 53.7 Å². The van der Waals surface area contributed by atoms with Gasteiger partial charge in [-0.15, -0.1) is 0 Å². The van der Waals surface area contributed by atoms with Crippen LogP contribution in [0, 0.1) is 5.92 Å². The summed E-state index contributed by atoms with van der Waals surface area (Å²) in [6.45, 7) is 6.37. The molecule has 1 heterocycles. The highest BCUT2D eigenvalue weighted by Crippen LogP contribution is 2.08. The highest BCUT2D eigenvalue weighted by Gasteiger charge is 2.11. The normalized spacial score (nSPS) is 11.2. The number of carboxylic acids is 1. The quantitative estimate of drug-likeness (QED) is 0.773. The van der Waals surface area contributed by atoms with E-state index < -0.39 is 5.97 Å². The van der Waals surface area contributed by atoms with E-state index >= 15 is 0 Å². The lowest BCUT2D eigenvalue weighted by atomic mass is 10.2. The summed E-state index contributed by atoms with van der Waals surface area (Å²) in [6.07, 6.45) is 1.81. The molecule has 0 spiro atoms. The second-order valence-electron chi connectivity index (χ2n) is 4.35. The van der Waals surface area contributed by atoms with Gasteiger partial charge in [-0.1, -0.05) is 13.8 Å². The molecule has 0 fully saturated rings. The lowest BCUT2D eigenvalue weighted by Gasteiger charge is -2.22. The molecular weight excluding hydrogens is 206 g/mol. The van der Waals surface area contributed by atoms with Crippen LogP contribution in [0.25, 0.3) is 0 Å². The summed E-state index contributed by atoms with van der Waals surface area (Å²) in [5.74, 6) is 0.642. The van der Waals surface area contributed by atoms with E-state index in [4.69, 9.17) is 9.52 Å². The van der Waals surface area contributed by atoms with Gasteiger partial charge in [0.2, 0.25) is 0 Å². The molecule has 0 amide bonds. The zero-order chi connectivity index (χ0) is 12.0. The van der Waals surface area contributed by atoms with Crippen molar-refractivity contribution in [3.8, 4) is 0 Å². The first-order chi connectivity index (χ1) is 7.58. The van der Waals surface area contributed by atoms with E-state index in [1.54, 1.807) is 6.26 Å². The third kappa shape index (κ3) is 4.98. The maximum absolute atomic E-state index is 10.5. The molecule has 0 aromatic carbocycles. The van der Waals surface area contributed by atoms with Crippen LogP contribution in [-0.2, 0) is 11.3 Å². The highest BCUT2D eigenvalue weighted by molar-refractivity contribution is 5.66. The first kappa shape index (κ1) is 12.8. The van der Waals surface area contributed by atoms with E-state index in [-0.39, 0.29) is 6.42 Å². The minimum atomic E-state index is -0.756. The number of rotatable bonds is 7. The smallest absolute Gasteiger partial charge is 0.304 e. The molecule has 0 atom stereocenters. The predicted octanol–water partition coefficient (Wildman–Crippen LogP) is 2.21. The first-order valence-corrected chi connectivity index (χ1v) is 5.54. The second-order valence-corrected chi connectivity index (χ2v) is 4.35. The zero-order valence-electron chi connectivity index (χ0n) is 9.85. The molecule has 1 aromatic rings. The van der Waals surface area contributed by atoms with E-state index in [2.05, 4.69) is 18.7 Å². The molecule has 0 saturated carbocycles. The number of nitrogens with zero attached hydrogens (tertiary/aromatic N) is 1. The van der Waals surface area contributed by atoms with Crippen LogP contribution >= 0.6 is 0 Å². The molecule has 4 nitrogen and oxygen atoms in total. The van der Waals surface area contributed by atoms with Gasteiger partial charge in [-0.3, -0.25) is 9.69 Å². The fourth-order valence-electron chi connectivity index (χ4n) is 1.63. The van der Waals surface area contributed by atoms with Crippen LogP contribution in [-0.4, -0.2) is 29.1 Å². The maximum atomic E-state index is 10.5. The van der Waals surface area contributed by atoms with Crippen LogP contribution in [0.4, 0.5) is 0 Å². The zero-order valence-corrected chi connectivity index (χ0v) is 9.85. The van der Waals surface area contributed by atoms with Crippen molar-refractivity contribution < 1.29 is 14.3 Å². The van der Waals surface area contributed by atoms with Crippen molar-refractivity contribution in [2.24, 2.45) is 5.92 Å². The number of hydrogen-bond acceptors (Lipinski definition) is 3. The summed E-state index contributed by atoms with van der Waals surface area (Å²) < 4.78 is 5.26. The fraction of sp³-hybridized carbons (Fsp3) is 0.583. The van der Waals surface area contributed by atoms with Crippen molar-refractivity contribution in [2.75, 3.05) is 13.1 Å². The van der Waals surface area contributed by atoms with Gasteiger partial charge in [0.05, 0.1) is 19.2 Å². The van der Waals surface area contributed by atoms with Crippen molar-refractivity contribution in [3.63, 3.8) is 0 Å². The van der Waals surface area contributed by atoms with Crippen molar-refractivity contribution in [1.29, 1.82) is 0 Å². The molecule has 0 radical (unpaired) electrons. The third-order valence-electron chi connectivity index (χ3n) is 2.22. The number of carboxylic acid groups (broad SMARTS) is 1. The third-order valence-corrected chi connectivity index (χ3v) is 2.22. The SMILES string of the molecule is CC(C)CN(CCC(=O)O)Cc1ccco1. The van der Waals surface area contributed by atoms with E-state index in [0.29, 0.717) is 19.0 Å². The summed E-state index contributed by atoms with van der Waals surface area (Å²) in [7, 11) is 0. The Morgan fingerprint density at radius 2 is 2.31 bits per heavy atom. The Balaban J connectivity index is 2.46. The lowest BCUT2D eigenvalue weighted by Crippen LogP contribution is -2.29.